The summed E-state index contributed by atoms with van der Waals surface area (Å²) < 4.78 is 1.25. The molecule has 22 heavy (non-hydrogen) atoms. The van der Waals surface area contributed by atoms with Gasteiger partial charge in [0.05, 0.1) is 5.69 Å². The summed E-state index contributed by atoms with van der Waals surface area (Å²) in [6, 6.07) is 6.54. The number of hydrogen-bond acceptors (Lipinski definition) is 3. The summed E-state index contributed by atoms with van der Waals surface area (Å²) in [5.41, 5.74) is 1.02. The SMILES string of the molecule is CNC(=O)c1cccc(-n2ccc(C)c(C(=O)O)c2=O)c1C. The molecule has 0 aliphatic rings. The summed E-state index contributed by atoms with van der Waals surface area (Å²) in [6.07, 6.45) is 1.51. The van der Waals surface area contributed by atoms with Crippen molar-refractivity contribution in [3.8, 4) is 5.69 Å². The lowest BCUT2D eigenvalue weighted by molar-refractivity contribution is 0.0693. The molecule has 0 aliphatic heterocycles. The van der Waals surface area contributed by atoms with Crippen LogP contribution in [0.4, 0.5) is 0 Å². The smallest absolute Gasteiger partial charge is 0.341 e. The Balaban J connectivity index is 2.74. The van der Waals surface area contributed by atoms with E-state index in [1.165, 1.54) is 17.8 Å². The quantitative estimate of drug-likeness (QED) is 0.899. The van der Waals surface area contributed by atoms with E-state index < -0.39 is 11.5 Å². The molecule has 6 nitrogen and oxygen atoms in total. The van der Waals surface area contributed by atoms with E-state index in [1.54, 1.807) is 38.1 Å². The number of carboxylic acids is 1. The summed E-state index contributed by atoms with van der Waals surface area (Å²) in [5, 5.41) is 11.7. The molecule has 0 saturated carbocycles. The molecule has 114 valence electrons. The van der Waals surface area contributed by atoms with Gasteiger partial charge in [-0.25, -0.2) is 4.79 Å². The fourth-order valence-electron chi connectivity index (χ4n) is 2.34. The number of carbonyl (C=O) groups is 2. The van der Waals surface area contributed by atoms with Gasteiger partial charge >= 0.3 is 5.97 Å². The summed E-state index contributed by atoms with van der Waals surface area (Å²) >= 11 is 0. The highest BCUT2D eigenvalue weighted by molar-refractivity contribution is 5.96. The zero-order valence-electron chi connectivity index (χ0n) is 12.5. The molecule has 2 rings (SSSR count). The molecule has 1 amide bonds. The number of pyridine rings is 1. The van der Waals surface area contributed by atoms with Gasteiger partial charge in [0.1, 0.15) is 5.56 Å². The second-order valence-electron chi connectivity index (χ2n) is 4.88. The van der Waals surface area contributed by atoms with E-state index in [-0.39, 0.29) is 11.5 Å². The molecule has 0 fully saturated rings. The van der Waals surface area contributed by atoms with Gasteiger partial charge in [0.25, 0.3) is 11.5 Å². The first-order valence-corrected chi connectivity index (χ1v) is 6.66. The van der Waals surface area contributed by atoms with Crippen molar-refractivity contribution in [1.82, 2.24) is 9.88 Å². The highest BCUT2D eigenvalue weighted by atomic mass is 16.4. The van der Waals surface area contributed by atoms with Gasteiger partial charge in [-0.2, -0.15) is 0 Å². The zero-order chi connectivity index (χ0) is 16.4. The third-order valence-electron chi connectivity index (χ3n) is 3.55. The largest absolute Gasteiger partial charge is 0.477 e. The van der Waals surface area contributed by atoms with Gasteiger partial charge in [-0.1, -0.05) is 6.07 Å². The molecule has 1 heterocycles. The molecule has 2 N–H and O–H groups in total. The van der Waals surface area contributed by atoms with Gasteiger partial charge in [0.2, 0.25) is 0 Å². The van der Waals surface area contributed by atoms with Gasteiger partial charge in [-0.3, -0.25) is 14.2 Å². The van der Waals surface area contributed by atoms with Gasteiger partial charge in [0.15, 0.2) is 0 Å². The van der Waals surface area contributed by atoms with Gasteiger partial charge in [-0.05, 0) is 43.2 Å². The molecular formula is C16H16N2O4. The number of amides is 1. The number of rotatable bonds is 3. The van der Waals surface area contributed by atoms with Crippen LogP contribution < -0.4 is 10.9 Å². The first-order chi connectivity index (χ1) is 10.4. The average molecular weight is 300 g/mol. The van der Waals surface area contributed by atoms with Crippen LogP contribution in [0.3, 0.4) is 0 Å². The number of carboxylic acid groups (broad SMARTS) is 1. The van der Waals surface area contributed by atoms with E-state index in [0.29, 0.717) is 22.4 Å². The highest BCUT2D eigenvalue weighted by Crippen LogP contribution is 2.17. The van der Waals surface area contributed by atoms with Gasteiger partial charge < -0.3 is 10.4 Å². The predicted molar refractivity (Wildman–Crippen MR) is 81.9 cm³/mol. The number of nitrogens with one attached hydrogen (secondary N) is 1. The number of hydrogen-bond donors (Lipinski definition) is 2. The number of nitrogens with zero attached hydrogens (tertiary/aromatic N) is 1. The molecule has 0 saturated heterocycles. The number of benzene rings is 1. The molecule has 1 aromatic carbocycles. The molecule has 0 aliphatic carbocycles. The number of aryl methyl sites for hydroxylation is 1. The lowest BCUT2D eigenvalue weighted by atomic mass is 10.1. The Bertz CT molecular complexity index is 821. The molecule has 0 spiro atoms. The Labute approximate surface area is 127 Å². The Morgan fingerprint density at radius 1 is 1.18 bits per heavy atom. The number of aromatic nitrogens is 1. The third kappa shape index (κ3) is 2.50. The van der Waals surface area contributed by atoms with Crippen LogP contribution in [0, 0.1) is 13.8 Å². The number of aromatic carboxylic acids is 1. The maximum absolute atomic E-state index is 12.4. The summed E-state index contributed by atoms with van der Waals surface area (Å²) in [4.78, 5) is 35.5. The molecule has 0 unspecified atom stereocenters. The second-order valence-corrected chi connectivity index (χ2v) is 4.88. The van der Waals surface area contributed by atoms with E-state index in [1.807, 2.05) is 0 Å². The topological polar surface area (TPSA) is 88.4 Å². The molecule has 0 bridgehead atoms. The van der Waals surface area contributed by atoms with Crippen molar-refractivity contribution in [3.63, 3.8) is 0 Å². The fourth-order valence-corrected chi connectivity index (χ4v) is 2.34. The van der Waals surface area contributed by atoms with Crippen LogP contribution in [0.25, 0.3) is 5.69 Å². The van der Waals surface area contributed by atoms with E-state index in [9.17, 15) is 19.5 Å². The van der Waals surface area contributed by atoms with Crippen molar-refractivity contribution < 1.29 is 14.7 Å². The van der Waals surface area contributed by atoms with Crippen LogP contribution in [-0.2, 0) is 0 Å². The lowest BCUT2D eigenvalue weighted by Crippen LogP contribution is -2.27. The van der Waals surface area contributed by atoms with Crippen LogP contribution in [0.5, 0.6) is 0 Å². The third-order valence-corrected chi connectivity index (χ3v) is 3.55. The van der Waals surface area contributed by atoms with Crippen LogP contribution in [-0.4, -0.2) is 28.6 Å². The van der Waals surface area contributed by atoms with Crippen molar-refractivity contribution in [2.45, 2.75) is 13.8 Å². The first kappa shape index (κ1) is 15.5. The molecule has 6 heteroatoms. The second kappa shape index (κ2) is 5.85. The monoisotopic (exact) mass is 300 g/mol. The average Bonchev–Trinajstić information content (AvgIpc) is 2.47. The van der Waals surface area contributed by atoms with Crippen LogP contribution in [0.15, 0.2) is 35.3 Å². The predicted octanol–water partition coefficient (Wildman–Crippen LogP) is 1.51. The van der Waals surface area contributed by atoms with Crippen molar-refractivity contribution in [2.24, 2.45) is 0 Å². The zero-order valence-corrected chi connectivity index (χ0v) is 12.5. The summed E-state index contributed by atoms with van der Waals surface area (Å²) in [6.45, 7) is 3.29. The van der Waals surface area contributed by atoms with Crippen molar-refractivity contribution >= 4 is 11.9 Å². The first-order valence-electron chi connectivity index (χ1n) is 6.66. The van der Waals surface area contributed by atoms with Crippen molar-refractivity contribution in [1.29, 1.82) is 0 Å². The fraction of sp³-hybridized carbons (Fsp3) is 0.188. The lowest BCUT2D eigenvalue weighted by Gasteiger charge is -2.13. The highest BCUT2D eigenvalue weighted by Gasteiger charge is 2.17. The standard InChI is InChI=1S/C16H16N2O4/c1-9-7-8-18(15(20)13(9)16(21)22)12-6-4-5-11(10(12)2)14(19)17-3/h4-8H,1-3H3,(H,17,19)(H,21,22). The number of carbonyl (C=O) groups excluding carboxylic acids is 1. The minimum absolute atomic E-state index is 0.266. The van der Waals surface area contributed by atoms with Crippen LogP contribution in [0.2, 0.25) is 0 Å². The Hall–Kier alpha value is -2.89. The normalized spacial score (nSPS) is 10.3. The Morgan fingerprint density at radius 3 is 2.45 bits per heavy atom. The minimum atomic E-state index is -1.27. The van der Waals surface area contributed by atoms with Gasteiger partial charge in [-0.15, -0.1) is 0 Å². The van der Waals surface area contributed by atoms with E-state index in [0.717, 1.165) is 0 Å². The van der Waals surface area contributed by atoms with E-state index in [2.05, 4.69) is 5.32 Å². The molecule has 2 aromatic rings. The van der Waals surface area contributed by atoms with Crippen molar-refractivity contribution in [3.05, 3.63) is 63.1 Å². The Morgan fingerprint density at radius 2 is 1.86 bits per heavy atom. The van der Waals surface area contributed by atoms with Gasteiger partial charge in [0, 0.05) is 18.8 Å². The molecule has 0 radical (unpaired) electrons. The summed E-state index contributed by atoms with van der Waals surface area (Å²) in [7, 11) is 1.52. The molecule has 0 atom stereocenters. The minimum Gasteiger partial charge on any atom is -0.477 e. The maximum atomic E-state index is 12.4. The molecular weight excluding hydrogens is 284 g/mol. The summed E-state index contributed by atoms with van der Waals surface area (Å²) in [5.74, 6) is -1.53. The Kier molecular flexibility index (Phi) is 4.12. The van der Waals surface area contributed by atoms with Crippen LogP contribution in [0.1, 0.15) is 31.8 Å². The van der Waals surface area contributed by atoms with Crippen LogP contribution >= 0.6 is 0 Å². The molecule has 1 aromatic heterocycles. The van der Waals surface area contributed by atoms with E-state index in [4.69, 9.17) is 0 Å². The van der Waals surface area contributed by atoms with Crippen molar-refractivity contribution in [2.75, 3.05) is 7.05 Å². The van der Waals surface area contributed by atoms with E-state index >= 15 is 0 Å². The maximum Gasteiger partial charge on any atom is 0.341 e.